The average molecular weight is 236 g/mol. The van der Waals surface area contributed by atoms with Crippen LogP contribution in [-0.2, 0) is 0 Å². The second-order valence-corrected chi connectivity index (χ2v) is 7.08. The average Bonchev–Trinajstić information content (AvgIpc) is 2.22. The maximum Gasteiger partial charge on any atom is 0.0468 e. The lowest BCUT2D eigenvalue weighted by Gasteiger charge is -2.55. The SMILES string of the molecule is CC1=C(CCO)[C@@]2(C)CCCC(C)(C)C2CC1. The third-order valence-electron chi connectivity index (χ3n) is 5.60. The van der Waals surface area contributed by atoms with Crippen molar-refractivity contribution < 1.29 is 5.11 Å². The summed E-state index contributed by atoms with van der Waals surface area (Å²) in [5.74, 6) is 0.814. The number of aliphatic hydroxyl groups is 1. The minimum Gasteiger partial charge on any atom is -0.396 e. The van der Waals surface area contributed by atoms with E-state index in [2.05, 4.69) is 27.7 Å². The minimum atomic E-state index is 0.315. The Kier molecular flexibility index (Phi) is 3.42. The summed E-state index contributed by atoms with van der Waals surface area (Å²) in [5.41, 5.74) is 4.00. The second-order valence-electron chi connectivity index (χ2n) is 7.08. The van der Waals surface area contributed by atoms with E-state index in [1.54, 1.807) is 11.1 Å². The van der Waals surface area contributed by atoms with Gasteiger partial charge >= 0.3 is 0 Å². The van der Waals surface area contributed by atoms with E-state index < -0.39 is 0 Å². The van der Waals surface area contributed by atoms with Gasteiger partial charge < -0.3 is 5.11 Å². The van der Waals surface area contributed by atoms with E-state index in [9.17, 15) is 5.11 Å². The molecule has 2 rings (SSSR count). The van der Waals surface area contributed by atoms with Gasteiger partial charge in [-0.05, 0) is 55.8 Å². The van der Waals surface area contributed by atoms with Crippen LogP contribution in [0.25, 0.3) is 0 Å². The standard InChI is InChI=1S/C16H28O/c1-12-6-7-14-15(2,3)9-5-10-16(14,4)13(12)8-11-17/h14,17H,5-11H2,1-4H3/t14?,16-/m1/s1. The first-order valence-corrected chi connectivity index (χ1v) is 7.22. The van der Waals surface area contributed by atoms with Gasteiger partial charge in [-0.2, -0.15) is 0 Å². The Morgan fingerprint density at radius 1 is 1.24 bits per heavy atom. The molecular formula is C16H28O. The number of allylic oxidation sites excluding steroid dienone is 1. The first-order valence-electron chi connectivity index (χ1n) is 7.22. The zero-order valence-electron chi connectivity index (χ0n) is 12.0. The molecule has 0 saturated heterocycles. The monoisotopic (exact) mass is 236 g/mol. The van der Waals surface area contributed by atoms with Gasteiger partial charge in [0.2, 0.25) is 0 Å². The summed E-state index contributed by atoms with van der Waals surface area (Å²) < 4.78 is 0. The zero-order valence-corrected chi connectivity index (χ0v) is 12.0. The van der Waals surface area contributed by atoms with Gasteiger partial charge in [-0.15, -0.1) is 0 Å². The molecule has 0 spiro atoms. The van der Waals surface area contributed by atoms with Gasteiger partial charge in [-0.25, -0.2) is 0 Å². The van der Waals surface area contributed by atoms with Gasteiger partial charge in [-0.1, -0.05) is 38.3 Å². The summed E-state index contributed by atoms with van der Waals surface area (Å²) in [6.45, 7) is 9.97. The molecule has 2 aliphatic rings. The molecule has 1 nitrogen and oxygen atoms in total. The number of aliphatic hydroxyl groups excluding tert-OH is 1. The summed E-state index contributed by atoms with van der Waals surface area (Å²) in [4.78, 5) is 0. The summed E-state index contributed by atoms with van der Waals surface area (Å²) in [6, 6.07) is 0. The van der Waals surface area contributed by atoms with E-state index in [1.807, 2.05) is 0 Å². The third kappa shape index (κ3) is 2.07. The maximum atomic E-state index is 9.34. The third-order valence-corrected chi connectivity index (χ3v) is 5.60. The fourth-order valence-corrected chi connectivity index (χ4v) is 4.80. The highest BCUT2D eigenvalue weighted by Gasteiger charge is 2.49. The molecular weight excluding hydrogens is 208 g/mol. The molecule has 0 aromatic rings. The molecule has 0 bridgehead atoms. The Balaban J connectivity index is 2.39. The quantitative estimate of drug-likeness (QED) is 0.708. The number of hydrogen-bond acceptors (Lipinski definition) is 1. The number of fused-ring (bicyclic) bond motifs is 1. The van der Waals surface area contributed by atoms with Crippen LogP contribution in [0.5, 0.6) is 0 Å². The predicted molar refractivity (Wildman–Crippen MR) is 72.9 cm³/mol. The van der Waals surface area contributed by atoms with Crippen molar-refractivity contribution in [2.24, 2.45) is 16.7 Å². The van der Waals surface area contributed by atoms with Crippen molar-refractivity contribution in [3.63, 3.8) is 0 Å². The van der Waals surface area contributed by atoms with Crippen LogP contribution in [0.2, 0.25) is 0 Å². The molecule has 2 atom stereocenters. The van der Waals surface area contributed by atoms with Crippen molar-refractivity contribution in [1.82, 2.24) is 0 Å². The topological polar surface area (TPSA) is 20.2 Å². The minimum absolute atomic E-state index is 0.315. The first-order chi connectivity index (χ1) is 7.92. The summed E-state index contributed by atoms with van der Waals surface area (Å²) in [6.07, 6.45) is 7.55. The van der Waals surface area contributed by atoms with E-state index >= 15 is 0 Å². The largest absolute Gasteiger partial charge is 0.396 e. The molecule has 0 aromatic heterocycles. The zero-order chi connectivity index (χ0) is 12.7. The molecule has 0 amide bonds. The molecule has 0 radical (unpaired) electrons. The van der Waals surface area contributed by atoms with Crippen molar-refractivity contribution in [3.8, 4) is 0 Å². The van der Waals surface area contributed by atoms with Crippen molar-refractivity contribution in [3.05, 3.63) is 11.1 Å². The molecule has 1 N–H and O–H groups in total. The maximum absolute atomic E-state index is 9.34. The van der Waals surface area contributed by atoms with Crippen LogP contribution in [0.15, 0.2) is 11.1 Å². The van der Waals surface area contributed by atoms with Gasteiger partial charge in [-0.3, -0.25) is 0 Å². The molecule has 0 heterocycles. The number of hydrogen-bond donors (Lipinski definition) is 1. The van der Waals surface area contributed by atoms with E-state index in [0.717, 1.165) is 12.3 Å². The molecule has 17 heavy (non-hydrogen) atoms. The molecule has 1 fully saturated rings. The first kappa shape index (κ1) is 13.1. The summed E-state index contributed by atoms with van der Waals surface area (Å²) in [5, 5.41) is 9.34. The highest BCUT2D eigenvalue weighted by molar-refractivity contribution is 5.27. The highest BCUT2D eigenvalue weighted by atomic mass is 16.3. The van der Waals surface area contributed by atoms with Crippen LogP contribution in [0.1, 0.15) is 66.2 Å². The fourth-order valence-electron chi connectivity index (χ4n) is 4.80. The number of rotatable bonds is 2. The smallest absolute Gasteiger partial charge is 0.0468 e. The Morgan fingerprint density at radius 2 is 1.94 bits per heavy atom. The van der Waals surface area contributed by atoms with Crippen LogP contribution in [-0.4, -0.2) is 11.7 Å². The van der Waals surface area contributed by atoms with Crippen molar-refractivity contribution in [2.75, 3.05) is 6.61 Å². The van der Waals surface area contributed by atoms with Crippen LogP contribution < -0.4 is 0 Å². The predicted octanol–water partition coefficient (Wildman–Crippen LogP) is 4.31. The fraction of sp³-hybridized carbons (Fsp3) is 0.875. The normalized spacial score (nSPS) is 36.9. The molecule has 1 unspecified atom stereocenters. The van der Waals surface area contributed by atoms with Crippen molar-refractivity contribution >= 4 is 0 Å². The van der Waals surface area contributed by atoms with E-state index in [4.69, 9.17) is 0 Å². The molecule has 1 saturated carbocycles. The van der Waals surface area contributed by atoms with Crippen LogP contribution in [0, 0.1) is 16.7 Å². The van der Waals surface area contributed by atoms with Gasteiger partial charge in [0.15, 0.2) is 0 Å². The summed E-state index contributed by atoms with van der Waals surface area (Å²) in [7, 11) is 0. The summed E-state index contributed by atoms with van der Waals surface area (Å²) >= 11 is 0. The molecule has 1 heteroatoms. The van der Waals surface area contributed by atoms with Gasteiger partial charge in [0.1, 0.15) is 0 Å². The van der Waals surface area contributed by atoms with Crippen LogP contribution >= 0.6 is 0 Å². The van der Waals surface area contributed by atoms with E-state index in [-0.39, 0.29) is 0 Å². The Labute approximate surface area is 106 Å². The molecule has 0 aliphatic heterocycles. The van der Waals surface area contributed by atoms with Gasteiger partial charge in [0.05, 0.1) is 0 Å². The Bertz CT molecular complexity index is 326. The lowest BCUT2D eigenvalue weighted by molar-refractivity contribution is 0.00900. The van der Waals surface area contributed by atoms with Crippen LogP contribution in [0.3, 0.4) is 0 Å². The Hall–Kier alpha value is -0.300. The molecule has 98 valence electrons. The van der Waals surface area contributed by atoms with Crippen molar-refractivity contribution in [1.29, 1.82) is 0 Å². The van der Waals surface area contributed by atoms with Crippen molar-refractivity contribution in [2.45, 2.75) is 66.2 Å². The van der Waals surface area contributed by atoms with Gasteiger partial charge in [0.25, 0.3) is 0 Å². The lowest BCUT2D eigenvalue weighted by atomic mass is 9.50. The van der Waals surface area contributed by atoms with Crippen LogP contribution in [0.4, 0.5) is 0 Å². The Morgan fingerprint density at radius 3 is 2.59 bits per heavy atom. The second kappa shape index (κ2) is 4.42. The lowest BCUT2D eigenvalue weighted by Crippen LogP contribution is -2.45. The molecule has 0 aromatic carbocycles. The van der Waals surface area contributed by atoms with E-state index in [1.165, 1.54) is 32.1 Å². The highest BCUT2D eigenvalue weighted by Crippen LogP contribution is 2.59. The van der Waals surface area contributed by atoms with Gasteiger partial charge in [0, 0.05) is 6.61 Å². The van der Waals surface area contributed by atoms with E-state index in [0.29, 0.717) is 17.4 Å². The molecule has 2 aliphatic carbocycles.